The lowest BCUT2D eigenvalue weighted by atomic mass is 10.2. The predicted molar refractivity (Wildman–Crippen MR) is 93.1 cm³/mol. The molecule has 0 spiro atoms. The van der Waals surface area contributed by atoms with Crippen LogP contribution in [-0.2, 0) is 16.1 Å². The molecule has 1 amide bonds. The van der Waals surface area contributed by atoms with Crippen LogP contribution in [0.4, 0.5) is 14.5 Å². The molecule has 1 aromatic heterocycles. The number of para-hydroxylation sites is 1. The zero-order valence-electron chi connectivity index (χ0n) is 14.6. The third-order valence-corrected chi connectivity index (χ3v) is 3.91. The molecule has 3 aromatic rings. The number of hydrogen-bond donors (Lipinski definition) is 1. The Bertz CT molecular complexity index is 999. The van der Waals surface area contributed by atoms with Gasteiger partial charge in [-0.15, -0.1) is 5.10 Å². The summed E-state index contributed by atoms with van der Waals surface area (Å²) >= 11 is 0. The average molecular weight is 374 g/mol. The fourth-order valence-corrected chi connectivity index (χ4v) is 2.46. The van der Waals surface area contributed by atoms with Gasteiger partial charge in [-0.05, 0) is 44.2 Å². The quantitative estimate of drug-likeness (QED) is 0.694. The number of carbonyl (C=O) groups is 2. The molecule has 1 atom stereocenters. The molecule has 2 aromatic carbocycles. The summed E-state index contributed by atoms with van der Waals surface area (Å²) in [7, 11) is 0. The van der Waals surface area contributed by atoms with E-state index in [2.05, 4.69) is 15.6 Å². The van der Waals surface area contributed by atoms with Crippen LogP contribution >= 0.6 is 0 Å². The van der Waals surface area contributed by atoms with Gasteiger partial charge in [0, 0.05) is 6.54 Å². The maximum Gasteiger partial charge on any atom is 0.338 e. The number of carbonyl (C=O) groups excluding carboxylic acids is 2. The van der Waals surface area contributed by atoms with Crippen molar-refractivity contribution in [2.24, 2.45) is 0 Å². The predicted octanol–water partition coefficient (Wildman–Crippen LogP) is 2.91. The second-order valence-electron chi connectivity index (χ2n) is 5.74. The number of esters is 1. The Morgan fingerprint density at radius 3 is 2.59 bits per heavy atom. The summed E-state index contributed by atoms with van der Waals surface area (Å²) in [5.41, 5.74) is 0.858. The van der Waals surface area contributed by atoms with E-state index in [9.17, 15) is 18.4 Å². The molecular formula is C18H16F2N4O3. The number of hydrogen-bond acceptors (Lipinski definition) is 5. The minimum Gasteiger partial charge on any atom is -0.449 e. The van der Waals surface area contributed by atoms with Gasteiger partial charge in [0.15, 0.2) is 6.10 Å². The smallest absolute Gasteiger partial charge is 0.338 e. The van der Waals surface area contributed by atoms with Gasteiger partial charge in [-0.3, -0.25) is 4.79 Å². The highest BCUT2D eigenvalue weighted by Gasteiger charge is 2.22. The Balaban J connectivity index is 1.70. The SMILES string of the molecule is CCn1nnc2cc(C(=O)O[C@H](C)C(=O)Nc3c(F)cccc3F)ccc21. The van der Waals surface area contributed by atoms with E-state index in [0.717, 1.165) is 17.6 Å². The zero-order valence-corrected chi connectivity index (χ0v) is 14.6. The number of rotatable bonds is 5. The largest absolute Gasteiger partial charge is 0.449 e. The number of anilines is 1. The highest BCUT2D eigenvalue weighted by Crippen LogP contribution is 2.19. The van der Waals surface area contributed by atoms with E-state index in [4.69, 9.17) is 4.74 Å². The number of benzene rings is 2. The van der Waals surface area contributed by atoms with Gasteiger partial charge in [0.1, 0.15) is 22.8 Å². The lowest BCUT2D eigenvalue weighted by Crippen LogP contribution is -2.30. The number of amides is 1. The third kappa shape index (κ3) is 3.76. The van der Waals surface area contributed by atoms with Crippen molar-refractivity contribution in [1.29, 1.82) is 0 Å². The molecule has 0 aliphatic rings. The van der Waals surface area contributed by atoms with Crippen LogP contribution in [0.25, 0.3) is 11.0 Å². The lowest BCUT2D eigenvalue weighted by Gasteiger charge is -2.14. The van der Waals surface area contributed by atoms with Gasteiger partial charge in [0.05, 0.1) is 11.1 Å². The summed E-state index contributed by atoms with van der Waals surface area (Å²) < 4.78 is 34.0. The van der Waals surface area contributed by atoms with E-state index in [0.29, 0.717) is 12.1 Å². The molecule has 0 bridgehead atoms. The number of nitrogens with one attached hydrogen (secondary N) is 1. The molecule has 9 heteroatoms. The van der Waals surface area contributed by atoms with Gasteiger partial charge in [0.2, 0.25) is 0 Å². The Morgan fingerprint density at radius 2 is 1.93 bits per heavy atom. The molecule has 140 valence electrons. The van der Waals surface area contributed by atoms with Gasteiger partial charge < -0.3 is 10.1 Å². The van der Waals surface area contributed by atoms with E-state index >= 15 is 0 Å². The second-order valence-corrected chi connectivity index (χ2v) is 5.74. The Morgan fingerprint density at radius 1 is 1.22 bits per heavy atom. The fourth-order valence-electron chi connectivity index (χ4n) is 2.46. The molecule has 7 nitrogen and oxygen atoms in total. The van der Waals surface area contributed by atoms with Crippen molar-refractivity contribution in [3.63, 3.8) is 0 Å². The molecular weight excluding hydrogens is 358 g/mol. The third-order valence-electron chi connectivity index (χ3n) is 3.91. The lowest BCUT2D eigenvalue weighted by molar-refractivity contribution is -0.123. The van der Waals surface area contributed by atoms with Crippen LogP contribution in [0, 0.1) is 11.6 Å². The number of ether oxygens (including phenoxy) is 1. The van der Waals surface area contributed by atoms with Crippen molar-refractivity contribution in [3.05, 3.63) is 53.6 Å². The Hall–Kier alpha value is -3.36. The van der Waals surface area contributed by atoms with Gasteiger partial charge in [0.25, 0.3) is 5.91 Å². The molecule has 0 unspecified atom stereocenters. The molecule has 0 saturated carbocycles. The summed E-state index contributed by atoms with van der Waals surface area (Å²) in [5, 5.41) is 9.99. The number of aryl methyl sites for hydroxylation is 1. The van der Waals surface area contributed by atoms with Crippen molar-refractivity contribution in [2.45, 2.75) is 26.5 Å². The highest BCUT2D eigenvalue weighted by molar-refractivity contribution is 5.98. The van der Waals surface area contributed by atoms with Gasteiger partial charge in [-0.1, -0.05) is 11.3 Å². The number of halogens is 2. The van der Waals surface area contributed by atoms with Gasteiger partial charge in [-0.2, -0.15) is 0 Å². The maximum absolute atomic E-state index is 13.6. The number of fused-ring (bicyclic) bond motifs is 1. The van der Waals surface area contributed by atoms with Crippen LogP contribution in [0.5, 0.6) is 0 Å². The molecule has 0 aliphatic heterocycles. The van der Waals surface area contributed by atoms with Crippen molar-refractivity contribution < 1.29 is 23.1 Å². The first-order chi connectivity index (χ1) is 12.9. The summed E-state index contributed by atoms with van der Waals surface area (Å²) in [6.07, 6.45) is -1.27. The zero-order chi connectivity index (χ0) is 19.6. The van der Waals surface area contributed by atoms with Crippen LogP contribution < -0.4 is 5.32 Å². The average Bonchev–Trinajstić information content (AvgIpc) is 3.06. The number of nitrogens with zero attached hydrogens (tertiary/aromatic N) is 3. The Kier molecular flexibility index (Phi) is 5.11. The molecule has 0 fully saturated rings. The minimum absolute atomic E-state index is 0.183. The van der Waals surface area contributed by atoms with Crippen molar-refractivity contribution >= 4 is 28.6 Å². The molecule has 0 aliphatic carbocycles. The van der Waals surface area contributed by atoms with Crippen molar-refractivity contribution in [3.8, 4) is 0 Å². The van der Waals surface area contributed by atoms with E-state index in [-0.39, 0.29) is 5.56 Å². The summed E-state index contributed by atoms with van der Waals surface area (Å²) in [6, 6.07) is 7.89. The normalized spacial score (nSPS) is 12.0. The first-order valence-corrected chi connectivity index (χ1v) is 8.19. The Labute approximate surface area is 152 Å². The van der Waals surface area contributed by atoms with Crippen molar-refractivity contribution in [2.75, 3.05) is 5.32 Å². The maximum atomic E-state index is 13.6. The van der Waals surface area contributed by atoms with Gasteiger partial charge >= 0.3 is 5.97 Å². The summed E-state index contributed by atoms with van der Waals surface area (Å²) in [6.45, 7) is 3.84. The van der Waals surface area contributed by atoms with Crippen LogP contribution in [0.1, 0.15) is 24.2 Å². The van der Waals surface area contributed by atoms with Crippen LogP contribution in [0.2, 0.25) is 0 Å². The monoisotopic (exact) mass is 374 g/mol. The fraction of sp³-hybridized carbons (Fsp3) is 0.222. The minimum atomic E-state index is -1.27. The van der Waals surface area contributed by atoms with Gasteiger partial charge in [-0.25, -0.2) is 18.3 Å². The molecule has 0 saturated heterocycles. The van der Waals surface area contributed by atoms with Crippen molar-refractivity contribution in [1.82, 2.24) is 15.0 Å². The van der Waals surface area contributed by atoms with Crippen LogP contribution in [0.15, 0.2) is 36.4 Å². The second kappa shape index (κ2) is 7.48. The van der Waals surface area contributed by atoms with Crippen LogP contribution in [-0.4, -0.2) is 33.0 Å². The molecule has 1 N–H and O–H groups in total. The standard InChI is InChI=1S/C18H16F2N4O3/c1-3-24-15-8-7-11(9-14(15)22-23-24)18(26)27-10(2)17(25)21-16-12(19)5-4-6-13(16)20/h4-10H,3H2,1-2H3,(H,21,25)/t10-/m1/s1. The molecule has 1 heterocycles. The molecule has 3 rings (SSSR count). The van der Waals surface area contributed by atoms with E-state index in [1.54, 1.807) is 10.7 Å². The van der Waals surface area contributed by atoms with E-state index in [1.165, 1.54) is 25.1 Å². The first kappa shape index (κ1) is 18.4. The molecule has 27 heavy (non-hydrogen) atoms. The highest BCUT2D eigenvalue weighted by atomic mass is 19.1. The topological polar surface area (TPSA) is 86.1 Å². The summed E-state index contributed by atoms with van der Waals surface area (Å²) in [4.78, 5) is 24.4. The summed E-state index contributed by atoms with van der Waals surface area (Å²) in [5.74, 6) is -3.47. The first-order valence-electron chi connectivity index (χ1n) is 8.19. The van der Waals surface area contributed by atoms with Crippen LogP contribution in [0.3, 0.4) is 0 Å². The van der Waals surface area contributed by atoms with E-state index in [1.807, 2.05) is 6.92 Å². The number of aromatic nitrogens is 3. The van der Waals surface area contributed by atoms with E-state index < -0.39 is 35.3 Å². The molecule has 0 radical (unpaired) electrons.